The molecule has 5 heteroatoms. The molecule has 24 heavy (non-hydrogen) atoms. The minimum atomic E-state index is -0.0249. The predicted octanol–water partition coefficient (Wildman–Crippen LogP) is 4.31. The number of rotatable bonds is 2. The molecule has 1 fully saturated rings. The molecule has 1 aliphatic rings. The van der Waals surface area contributed by atoms with Gasteiger partial charge in [-0.05, 0) is 49.2 Å². The number of urea groups is 1. The van der Waals surface area contributed by atoms with Crippen molar-refractivity contribution in [3.05, 3.63) is 58.6 Å². The third-order valence-corrected chi connectivity index (χ3v) is 4.72. The molecule has 2 aromatic carbocycles. The normalized spacial score (nSPS) is 14.6. The van der Waals surface area contributed by atoms with Crippen LogP contribution in [0.2, 0.25) is 5.02 Å². The molecule has 0 spiro atoms. The van der Waals surface area contributed by atoms with Crippen molar-refractivity contribution < 1.29 is 4.79 Å². The van der Waals surface area contributed by atoms with E-state index in [2.05, 4.69) is 10.2 Å². The van der Waals surface area contributed by atoms with Crippen LogP contribution in [0.15, 0.2) is 42.5 Å². The predicted molar refractivity (Wildman–Crippen MR) is 100 cm³/mol. The van der Waals surface area contributed by atoms with Crippen LogP contribution in [0.25, 0.3) is 0 Å². The van der Waals surface area contributed by atoms with Gasteiger partial charge in [0.15, 0.2) is 0 Å². The number of carbonyl (C=O) groups is 1. The standard InChI is InChI=1S/C19H22ClN3O/c1-14-4-3-5-15(2)18(14)21-19(24)23-12-10-22(11-13-23)17-8-6-16(20)7-9-17/h3-9H,10-13H2,1-2H3,(H,21,24). The summed E-state index contributed by atoms with van der Waals surface area (Å²) in [5.41, 5.74) is 4.24. The van der Waals surface area contributed by atoms with Crippen molar-refractivity contribution in [3.63, 3.8) is 0 Å². The van der Waals surface area contributed by atoms with Crippen LogP contribution in [-0.2, 0) is 0 Å². The fraction of sp³-hybridized carbons (Fsp3) is 0.316. The summed E-state index contributed by atoms with van der Waals surface area (Å²) in [6.45, 7) is 7.09. The molecule has 1 heterocycles. The number of aryl methyl sites for hydroxylation is 2. The molecular weight excluding hydrogens is 322 g/mol. The zero-order chi connectivity index (χ0) is 17.1. The molecule has 2 amide bonds. The fourth-order valence-corrected chi connectivity index (χ4v) is 3.14. The zero-order valence-corrected chi connectivity index (χ0v) is 14.8. The minimum Gasteiger partial charge on any atom is -0.368 e. The summed E-state index contributed by atoms with van der Waals surface area (Å²) < 4.78 is 0. The quantitative estimate of drug-likeness (QED) is 0.881. The van der Waals surface area contributed by atoms with Crippen molar-refractivity contribution in [1.82, 2.24) is 4.90 Å². The van der Waals surface area contributed by atoms with Crippen molar-refractivity contribution in [1.29, 1.82) is 0 Å². The van der Waals surface area contributed by atoms with Gasteiger partial charge < -0.3 is 15.1 Å². The molecule has 0 unspecified atom stereocenters. The van der Waals surface area contributed by atoms with E-state index in [1.807, 2.05) is 61.2 Å². The maximum absolute atomic E-state index is 12.5. The highest BCUT2D eigenvalue weighted by Gasteiger charge is 2.22. The van der Waals surface area contributed by atoms with Gasteiger partial charge in [-0.2, -0.15) is 0 Å². The Bertz CT molecular complexity index is 702. The molecule has 1 aliphatic heterocycles. The van der Waals surface area contributed by atoms with Crippen LogP contribution in [-0.4, -0.2) is 37.1 Å². The molecule has 0 radical (unpaired) electrons. The zero-order valence-electron chi connectivity index (χ0n) is 14.1. The van der Waals surface area contributed by atoms with E-state index in [0.717, 1.165) is 40.6 Å². The van der Waals surface area contributed by atoms with Crippen LogP contribution >= 0.6 is 11.6 Å². The highest BCUT2D eigenvalue weighted by Crippen LogP contribution is 2.22. The molecule has 0 atom stereocenters. The number of hydrogen-bond acceptors (Lipinski definition) is 2. The van der Waals surface area contributed by atoms with E-state index < -0.39 is 0 Å². The third-order valence-electron chi connectivity index (χ3n) is 4.47. The van der Waals surface area contributed by atoms with Crippen molar-refractivity contribution in [2.45, 2.75) is 13.8 Å². The number of halogens is 1. The van der Waals surface area contributed by atoms with E-state index >= 15 is 0 Å². The van der Waals surface area contributed by atoms with Gasteiger partial charge in [0.2, 0.25) is 0 Å². The molecule has 3 rings (SSSR count). The van der Waals surface area contributed by atoms with Gasteiger partial charge in [0.1, 0.15) is 0 Å². The minimum absolute atomic E-state index is 0.0249. The first kappa shape index (κ1) is 16.7. The number of nitrogens with one attached hydrogen (secondary N) is 1. The fourth-order valence-electron chi connectivity index (χ4n) is 3.02. The van der Waals surface area contributed by atoms with E-state index in [1.54, 1.807) is 0 Å². The number of anilines is 2. The number of benzene rings is 2. The Kier molecular flexibility index (Phi) is 4.95. The van der Waals surface area contributed by atoms with Crippen LogP contribution in [0.4, 0.5) is 16.2 Å². The topological polar surface area (TPSA) is 35.6 Å². The Morgan fingerprint density at radius 2 is 1.54 bits per heavy atom. The maximum Gasteiger partial charge on any atom is 0.321 e. The monoisotopic (exact) mass is 343 g/mol. The molecule has 1 N–H and O–H groups in total. The molecule has 2 aromatic rings. The molecule has 1 saturated heterocycles. The van der Waals surface area contributed by atoms with E-state index in [9.17, 15) is 4.79 Å². The first-order valence-electron chi connectivity index (χ1n) is 8.17. The van der Waals surface area contributed by atoms with Gasteiger partial charge in [-0.1, -0.05) is 29.8 Å². The van der Waals surface area contributed by atoms with Crippen LogP contribution in [0.5, 0.6) is 0 Å². The Hall–Kier alpha value is -2.20. The lowest BCUT2D eigenvalue weighted by molar-refractivity contribution is 0.208. The highest BCUT2D eigenvalue weighted by molar-refractivity contribution is 6.30. The average molecular weight is 344 g/mol. The van der Waals surface area contributed by atoms with Gasteiger partial charge in [-0.3, -0.25) is 0 Å². The summed E-state index contributed by atoms with van der Waals surface area (Å²) in [6.07, 6.45) is 0. The molecule has 0 saturated carbocycles. The van der Waals surface area contributed by atoms with E-state index in [-0.39, 0.29) is 6.03 Å². The lowest BCUT2D eigenvalue weighted by Gasteiger charge is -2.36. The number of para-hydroxylation sites is 1. The SMILES string of the molecule is Cc1cccc(C)c1NC(=O)N1CCN(c2ccc(Cl)cc2)CC1. The Labute approximate surface area is 148 Å². The molecule has 126 valence electrons. The van der Waals surface area contributed by atoms with Crippen molar-refractivity contribution >= 4 is 29.0 Å². The smallest absolute Gasteiger partial charge is 0.321 e. The second-order valence-corrected chi connectivity index (χ2v) is 6.58. The van der Waals surface area contributed by atoms with Gasteiger partial charge in [0.25, 0.3) is 0 Å². The molecule has 4 nitrogen and oxygen atoms in total. The summed E-state index contributed by atoms with van der Waals surface area (Å²) in [4.78, 5) is 16.7. The van der Waals surface area contributed by atoms with Gasteiger partial charge in [-0.25, -0.2) is 4.79 Å². The van der Waals surface area contributed by atoms with Gasteiger partial charge in [0, 0.05) is 42.6 Å². The summed E-state index contributed by atoms with van der Waals surface area (Å²) in [5.74, 6) is 0. The molecular formula is C19H22ClN3O. The van der Waals surface area contributed by atoms with Crippen molar-refractivity contribution in [2.24, 2.45) is 0 Å². The lowest BCUT2D eigenvalue weighted by atomic mass is 10.1. The second-order valence-electron chi connectivity index (χ2n) is 6.15. The molecule has 0 bridgehead atoms. The Morgan fingerprint density at radius 1 is 0.958 bits per heavy atom. The van der Waals surface area contributed by atoms with E-state index in [1.165, 1.54) is 0 Å². The summed E-state index contributed by atoms with van der Waals surface area (Å²) >= 11 is 5.94. The number of hydrogen-bond donors (Lipinski definition) is 1. The van der Waals surface area contributed by atoms with E-state index in [0.29, 0.717) is 13.1 Å². The highest BCUT2D eigenvalue weighted by atomic mass is 35.5. The largest absolute Gasteiger partial charge is 0.368 e. The van der Waals surface area contributed by atoms with Crippen LogP contribution < -0.4 is 10.2 Å². The number of amides is 2. The van der Waals surface area contributed by atoms with Crippen LogP contribution in [0.1, 0.15) is 11.1 Å². The van der Waals surface area contributed by atoms with Gasteiger partial charge >= 0.3 is 6.03 Å². The van der Waals surface area contributed by atoms with Crippen LogP contribution in [0, 0.1) is 13.8 Å². The Balaban J connectivity index is 1.60. The number of carbonyl (C=O) groups excluding carboxylic acids is 1. The summed E-state index contributed by atoms with van der Waals surface area (Å²) in [7, 11) is 0. The van der Waals surface area contributed by atoms with Crippen LogP contribution in [0.3, 0.4) is 0 Å². The van der Waals surface area contributed by atoms with Gasteiger partial charge in [-0.15, -0.1) is 0 Å². The summed E-state index contributed by atoms with van der Waals surface area (Å²) in [6, 6.07) is 13.9. The lowest BCUT2D eigenvalue weighted by Crippen LogP contribution is -2.50. The second kappa shape index (κ2) is 7.14. The average Bonchev–Trinajstić information content (AvgIpc) is 2.59. The first-order valence-corrected chi connectivity index (χ1v) is 8.55. The van der Waals surface area contributed by atoms with Crippen molar-refractivity contribution in [2.75, 3.05) is 36.4 Å². The number of piperazine rings is 1. The maximum atomic E-state index is 12.5. The molecule has 0 aromatic heterocycles. The third kappa shape index (κ3) is 3.65. The number of nitrogens with zero attached hydrogens (tertiary/aromatic N) is 2. The first-order chi connectivity index (χ1) is 11.5. The Morgan fingerprint density at radius 3 is 2.12 bits per heavy atom. The van der Waals surface area contributed by atoms with Crippen molar-refractivity contribution in [3.8, 4) is 0 Å². The summed E-state index contributed by atoms with van der Waals surface area (Å²) in [5, 5.41) is 3.80. The van der Waals surface area contributed by atoms with E-state index in [4.69, 9.17) is 11.6 Å². The van der Waals surface area contributed by atoms with Gasteiger partial charge in [0.05, 0.1) is 0 Å². The molecule has 0 aliphatic carbocycles.